The lowest BCUT2D eigenvalue weighted by atomic mass is 9.65. The minimum atomic E-state index is -0.577. The maximum Gasteiger partial charge on any atom is 0.0725 e. The van der Waals surface area contributed by atoms with Gasteiger partial charge in [-0.05, 0) is 131 Å². The molecule has 10 aromatic rings. The second kappa shape index (κ2) is 14.0. The zero-order valence-electron chi connectivity index (χ0n) is 34.7. The third-order valence-electron chi connectivity index (χ3n) is 13.9. The molecule has 1 heteroatoms. The third kappa shape index (κ3) is 5.24. The molecular formula is C62H41N. The molecule has 13 rings (SSSR count). The molecule has 3 aliphatic rings. The second-order valence-electron chi connectivity index (χ2n) is 17.1. The summed E-state index contributed by atoms with van der Waals surface area (Å²) >= 11 is 0. The summed E-state index contributed by atoms with van der Waals surface area (Å²) in [5.41, 5.74) is 26.1. The van der Waals surface area contributed by atoms with Crippen LogP contribution in [-0.2, 0) is 11.8 Å². The molecule has 0 aliphatic heterocycles. The molecule has 0 fully saturated rings. The van der Waals surface area contributed by atoms with E-state index in [9.17, 15) is 0 Å². The van der Waals surface area contributed by atoms with Gasteiger partial charge in [0.05, 0.1) is 11.1 Å². The van der Waals surface area contributed by atoms with Gasteiger partial charge >= 0.3 is 0 Å². The van der Waals surface area contributed by atoms with E-state index in [1.807, 2.05) is 0 Å². The molecular weight excluding hydrogens is 759 g/mol. The first-order chi connectivity index (χ1) is 31.3. The molecule has 0 N–H and O–H groups in total. The van der Waals surface area contributed by atoms with Crippen molar-refractivity contribution in [2.45, 2.75) is 11.8 Å². The van der Waals surface area contributed by atoms with Crippen molar-refractivity contribution in [1.82, 2.24) is 0 Å². The zero-order valence-corrected chi connectivity index (χ0v) is 34.7. The molecule has 0 bridgehead atoms. The third-order valence-corrected chi connectivity index (χ3v) is 13.9. The highest BCUT2D eigenvalue weighted by Gasteiger charge is 2.51. The maximum atomic E-state index is 2.48. The van der Waals surface area contributed by atoms with Gasteiger partial charge in [-0.1, -0.05) is 206 Å². The van der Waals surface area contributed by atoms with Crippen molar-refractivity contribution in [2.75, 3.05) is 4.90 Å². The highest BCUT2D eigenvalue weighted by molar-refractivity contribution is 6.03. The standard InChI is InChI=1S/C62H41N/c1-3-17-41(18-4-1)42-31-34-46(35-32-42)63(59-30-16-13-22-48(59)43-19-5-2-6-20-43)47-36-38-57-54(40-47)51-25-10-9-24-50(51)52-26-11-14-28-55(52)62(57)56-29-15-12-27-53(56)61-58(62)37-33-45-39-44-21-7-8-23-49(44)60(45)61/h1-38,40H,39H2. The number of rotatable bonds is 5. The second-order valence-corrected chi connectivity index (χ2v) is 17.1. The summed E-state index contributed by atoms with van der Waals surface area (Å²) in [6.07, 6.45) is 0.961. The van der Waals surface area contributed by atoms with Gasteiger partial charge in [0.15, 0.2) is 0 Å². The molecule has 1 spiro atoms. The van der Waals surface area contributed by atoms with Crippen LogP contribution in [0.15, 0.2) is 237 Å². The van der Waals surface area contributed by atoms with E-state index in [-0.39, 0.29) is 0 Å². The average molecular weight is 800 g/mol. The van der Waals surface area contributed by atoms with Crippen LogP contribution < -0.4 is 4.90 Å². The van der Waals surface area contributed by atoms with Gasteiger partial charge in [-0.3, -0.25) is 0 Å². The summed E-state index contributed by atoms with van der Waals surface area (Å²) < 4.78 is 0. The molecule has 0 saturated heterocycles. The minimum Gasteiger partial charge on any atom is -0.310 e. The highest BCUT2D eigenvalue weighted by Crippen LogP contribution is 2.64. The van der Waals surface area contributed by atoms with Gasteiger partial charge < -0.3 is 4.90 Å². The number of benzene rings is 10. The summed E-state index contributed by atoms with van der Waals surface area (Å²) in [7, 11) is 0. The molecule has 1 nitrogen and oxygen atoms in total. The normalized spacial score (nSPS) is 14.7. The van der Waals surface area contributed by atoms with E-state index in [4.69, 9.17) is 0 Å². The fourth-order valence-electron chi connectivity index (χ4n) is 11.3. The molecule has 0 radical (unpaired) electrons. The van der Waals surface area contributed by atoms with Crippen molar-refractivity contribution in [2.24, 2.45) is 0 Å². The highest BCUT2D eigenvalue weighted by atomic mass is 15.1. The predicted octanol–water partition coefficient (Wildman–Crippen LogP) is 16.1. The number of anilines is 3. The summed E-state index contributed by atoms with van der Waals surface area (Å²) in [6.45, 7) is 0. The van der Waals surface area contributed by atoms with Gasteiger partial charge in [0, 0.05) is 16.9 Å². The lowest BCUT2D eigenvalue weighted by molar-refractivity contribution is 0.775. The summed E-state index contributed by atoms with van der Waals surface area (Å²) in [5, 5.41) is 0. The van der Waals surface area contributed by atoms with Crippen molar-refractivity contribution < 1.29 is 0 Å². The molecule has 63 heavy (non-hydrogen) atoms. The van der Waals surface area contributed by atoms with E-state index in [1.165, 1.54) is 100 Å². The average Bonchev–Trinajstić information content (AvgIpc) is 3.85. The van der Waals surface area contributed by atoms with Crippen LogP contribution in [0.25, 0.3) is 66.8 Å². The quantitative estimate of drug-likeness (QED) is 0.168. The van der Waals surface area contributed by atoms with Gasteiger partial charge in [0.1, 0.15) is 0 Å². The van der Waals surface area contributed by atoms with E-state index in [1.54, 1.807) is 0 Å². The molecule has 0 heterocycles. The molecule has 1 atom stereocenters. The van der Waals surface area contributed by atoms with Crippen LogP contribution >= 0.6 is 0 Å². The van der Waals surface area contributed by atoms with Crippen LogP contribution in [-0.4, -0.2) is 0 Å². The van der Waals surface area contributed by atoms with Crippen LogP contribution in [0.4, 0.5) is 17.1 Å². The smallest absolute Gasteiger partial charge is 0.0725 e. The van der Waals surface area contributed by atoms with Crippen LogP contribution in [0.2, 0.25) is 0 Å². The molecule has 10 aromatic carbocycles. The molecule has 0 aromatic heterocycles. The maximum absolute atomic E-state index is 2.48. The van der Waals surface area contributed by atoms with Crippen molar-refractivity contribution in [3.8, 4) is 66.8 Å². The molecule has 3 aliphatic carbocycles. The SMILES string of the molecule is c1ccc(-c2ccc(N(c3ccc4c(c3)-c3ccccc3-c3ccccc3C43c4ccccc4-c4c3ccc3c4-c4ccccc4C3)c3ccccc3-c3ccccc3)cc2)cc1. The Morgan fingerprint density at radius 3 is 1.54 bits per heavy atom. The summed E-state index contributed by atoms with van der Waals surface area (Å²) in [4.78, 5) is 2.46. The van der Waals surface area contributed by atoms with Gasteiger partial charge in [-0.25, -0.2) is 0 Å². The van der Waals surface area contributed by atoms with Crippen molar-refractivity contribution in [3.63, 3.8) is 0 Å². The lowest BCUT2D eigenvalue weighted by Crippen LogP contribution is -2.29. The van der Waals surface area contributed by atoms with Crippen LogP contribution in [0.3, 0.4) is 0 Å². The van der Waals surface area contributed by atoms with Crippen molar-refractivity contribution >= 4 is 17.1 Å². The molecule has 0 saturated carbocycles. The summed E-state index contributed by atoms with van der Waals surface area (Å²) in [5.74, 6) is 0. The van der Waals surface area contributed by atoms with E-state index in [0.717, 1.165) is 23.5 Å². The first-order valence-corrected chi connectivity index (χ1v) is 22.1. The Hall–Kier alpha value is -8.00. The van der Waals surface area contributed by atoms with Crippen LogP contribution in [0.1, 0.15) is 33.4 Å². The Kier molecular flexibility index (Phi) is 7.95. The van der Waals surface area contributed by atoms with Gasteiger partial charge in [-0.2, -0.15) is 0 Å². The van der Waals surface area contributed by atoms with Gasteiger partial charge in [0.25, 0.3) is 0 Å². The van der Waals surface area contributed by atoms with Gasteiger partial charge in [0.2, 0.25) is 0 Å². The Labute approximate surface area is 368 Å². The molecule has 294 valence electrons. The number of nitrogens with zero attached hydrogens (tertiary/aromatic N) is 1. The number of hydrogen-bond donors (Lipinski definition) is 0. The number of fused-ring (bicyclic) bond motifs is 16. The van der Waals surface area contributed by atoms with E-state index in [0.29, 0.717) is 0 Å². The Bertz CT molecular complexity index is 3420. The molecule has 1 unspecified atom stereocenters. The molecule has 0 amide bonds. The first kappa shape index (κ1) is 35.7. The fourth-order valence-corrected chi connectivity index (χ4v) is 11.3. The number of hydrogen-bond acceptors (Lipinski definition) is 1. The Balaban J connectivity index is 1.11. The zero-order chi connectivity index (χ0) is 41.5. The number of para-hydroxylation sites is 1. The first-order valence-electron chi connectivity index (χ1n) is 22.1. The monoisotopic (exact) mass is 799 g/mol. The van der Waals surface area contributed by atoms with Gasteiger partial charge in [-0.15, -0.1) is 0 Å². The van der Waals surface area contributed by atoms with E-state index in [2.05, 4.69) is 241 Å². The lowest BCUT2D eigenvalue weighted by Gasteiger charge is -2.36. The van der Waals surface area contributed by atoms with Crippen molar-refractivity contribution in [3.05, 3.63) is 270 Å². The fraction of sp³-hybridized carbons (Fsp3) is 0.0323. The predicted molar refractivity (Wildman–Crippen MR) is 262 cm³/mol. The van der Waals surface area contributed by atoms with Crippen molar-refractivity contribution in [1.29, 1.82) is 0 Å². The largest absolute Gasteiger partial charge is 0.310 e. The van der Waals surface area contributed by atoms with Crippen LogP contribution in [0.5, 0.6) is 0 Å². The topological polar surface area (TPSA) is 3.24 Å². The summed E-state index contributed by atoms with van der Waals surface area (Å²) in [6, 6.07) is 88.2. The minimum absolute atomic E-state index is 0.577. The van der Waals surface area contributed by atoms with Crippen LogP contribution in [0, 0.1) is 0 Å². The Morgan fingerprint density at radius 2 is 0.794 bits per heavy atom. The Morgan fingerprint density at radius 1 is 0.286 bits per heavy atom. The van der Waals surface area contributed by atoms with E-state index >= 15 is 0 Å². The van der Waals surface area contributed by atoms with E-state index < -0.39 is 5.41 Å².